The second-order valence-electron chi connectivity index (χ2n) is 4.76. The topological polar surface area (TPSA) is 54.0 Å². The standard InChI is InChI=1S/C16H17Cl2N3O/c1-2-3-9-19-11-7-8-14(20-10-11)16(22)21-15-12(17)5-4-6-13(15)18/h4-8,10,19H,2-3,9H2,1H3,(H,21,22). The number of carbonyl (C=O) groups is 1. The van der Waals surface area contributed by atoms with E-state index in [4.69, 9.17) is 23.2 Å². The van der Waals surface area contributed by atoms with Gasteiger partial charge in [0.15, 0.2) is 0 Å². The van der Waals surface area contributed by atoms with E-state index < -0.39 is 0 Å². The molecule has 0 aliphatic carbocycles. The summed E-state index contributed by atoms with van der Waals surface area (Å²) in [6.45, 7) is 3.02. The third kappa shape index (κ3) is 4.36. The molecule has 116 valence electrons. The predicted molar refractivity (Wildman–Crippen MR) is 92.0 cm³/mol. The van der Waals surface area contributed by atoms with Crippen molar-refractivity contribution in [2.24, 2.45) is 0 Å². The number of rotatable bonds is 6. The summed E-state index contributed by atoms with van der Waals surface area (Å²) < 4.78 is 0. The van der Waals surface area contributed by atoms with Crippen LogP contribution in [0.25, 0.3) is 0 Å². The zero-order valence-electron chi connectivity index (χ0n) is 12.2. The maximum atomic E-state index is 12.2. The highest BCUT2D eigenvalue weighted by Crippen LogP contribution is 2.30. The zero-order valence-corrected chi connectivity index (χ0v) is 13.7. The molecule has 2 aromatic rings. The summed E-state index contributed by atoms with van der Waals surface area (Å²) in [7, 11) is 0. The summed E-state index contributed by atoms with van der Waals surface area (Å²) in [4.78, 5) is 16.3. The molecule has 4 nitrogen and oxygen atoms in total. The van der Waals surface area contributed by atoms with Crippen molar-refractivity contribution in [3.8, 4) is 0 Å². The number of halogens is 2. The molecule has 1 amide bonds. The molecule has 0 aliphatic heterocycles. The molecule has 0 bridgehead atoms. The number of benzene rings is 1. The molecule has 1 aromatic heterocycles. The second-order valence-corrected chi connectivity index (χ2v) is 5.58. The van der Waals surface area contributed by atoms with E-state index in [0.717, 1.165) is 25.1 Å². The number of amides is 1. The van der Waals surface area contributed by atoms with Gasteiger partial charge in [-0.25, -0.2) is 4.98 Å². The Morgan fingerprint density at radius 3 is 2.50 bits per heavy atom. The van der Waals surface area contributed by atoms with Gasteiger partial charge in [0.2, 0.25) is 0 Å². The minimum atomic E-state index is -0.352. The van der Waals surface area contributed by atoms with Gasteiger partial charge in [0.05, 0.1) is 27.6 Å². The van der Waals surface area contributed by atoms with Crippen molar-refractivity contribution >= 4 is 40.5 Å². The van der Waals surface area contributed by atoms with Crippen molar-refractivity contribution < 1.29 is 4.79 Å². The number of hydrogen-bond acceptors (Lipinski definition) is 3. The molecular formula is C16H17Cl2N3O. The third-order valence-corrected chi connectivity index (χ3v) is 3.69. The molecule has 6 heteroatoms. The van der Waals surface area contributed by atoms with Gasteiger partial charge in [0, 0.05) is 6.54 Å². The molecule has 0 atom stereocenters. The van der Waals surface area contributed by atoms with Gasteiger partial charge in [-0.05, 0) is 30.7 Å². The fraction of sp³-hybridized carbons (Fsp3) is 0.250. The van der Waals surface area contributed by atoms with Crippen LogP contribution in [0.15, 0.2) is 36.5 Å². The largest absolute Gasteiger partial charge is 0.384 e. The number of nitrogens with zero attached hydrogens (tertiary/aromatic N) is 1. The van der Waals surface area contributed by atoms with Crippen molar-refractivity contribution in [2.45, 2.75) is 19.8 Å². The van der Waals surface area contributed by atoms with E-state index >= 15 is 0 Å². The summed E-state index contributed by atoms with van der Waals surface area (Å²) in [6, 6.07) is 8.53. The summed E-state index contributed by atoms with van der Waals surface area (Å²) >= 11 is 12.1. The van der Waals surface area contributed by atoms with Gasteiger partial charge in [0.1, 0.15) is 5.69 Å². The Kier molecular flexibility index (Phi) is 6.04. The number of aromatic nitrogens is 1. The molecule has 2 N–H and O–H groups in total. The van der Waals surface area contributed by atoms with Crippen LogP contribution in [0.3, 0.4) is 0 Å². The van der Waals surface area contributed by atoms with Crippen LogP contribution in [0.1, 0.15) is 30.3 Å². The first kappa shape index (κ1) is 16.6. The number of unbranched alkanes of at least 4 members (excludes halogenated alkanes) is 1. The van der Waals surface area contributed by atoms with Crippen LogP contribution in [0, 0.1) is 0 Å². The lowest BCUT2D eigenvalue weighted by atomic mass is 10.2. The second kappa shape index (κ2) is 8.01. The number of carbonyl (C=O) groups excluding carboxylic acids is 1. The van der Waals surface area contributed by atoms with Crippen LogP contribution in [0.2, 0.25) is 10.0 Å². The molecule has 0 radical (unpaired) electrons. The zero-order chi connectivity index (χ0) is 15.9. The van der Waals surface area contributed by atoms with E-state index in [-0.39, 0.29) is 5.91 Å². The molecule has 0 saturated heterocycles. The Morgan fingerprint density at radius 2 is 1.91 bits per heavy atom. The van der Waals surface area contributed by atoms with Crippen molar-refractivity contribution in [1.82, 2.24) is 4.98 Å². The fourth-order valence-electron chi connectivity index (χ4n) is 1.84. The molecule has 0 unspecified atom stereocenters. The van der Waals surface area contributed by atoms with Gasteiger partial charge in [-0.3, -0.25) is 4.79 Å². The molecule has 0 spiro atoms. The number of anilines is 2. The molecule has 0 fully saturated rings. The van der Waals surface area contributed by atoms with Crippen molar-refractivity contribution in [2.75, 3.05) is 17.2 Å². The molecule has 1 heterocycles. The van der Waals surface area contributed by atoms with E-state index in [1.54, 1.807) is 30.5 Å². The molecule has 1 aromatic carbocycles. The van der Waals surface area contributed by atoms with E-state index in [0.29, 0.717) is 21.4 Å². The van der Waals surface area contributed by atoms with Crippen LogP contribution in [0.5, 0.6) is 0 Å². The Labute approximate surface area is 139 Å². The lowest BCUT2D eigenvalue weighted by Crippen LogP contribution is -2.14. The fourth-order valence-corrected chi connectivity index (χ4v) is 2.33. The first-order chi connectivity index (χ1) is 10.6. The van der Waals surface area contributed by atoms with Crippen LogP contribution >= 0.6 is 23.2 Å². The molecular weight excluding hydrogens is 321 g/mol. The van der Waals surface area contributed by atoms with Gasteiger partial charge in [-0.15, -0.1) is 0 Å². The molecule has 22 heavy (non-hydrogen) atoms. The lowest BCUT2D eigenvalue weighted by Gasteiger charge is -2.09. The molecule has 0 aliphatic rings. The molecule has 0 saturated carbocycles. The first-order valence-electron chi connectivity index (χ1n) is 7.07. The first-order valence-corrected chi connectivity index (χ1v) is 7.82. The van der Waals surface area contributed by atoms with E-state index in [9.17, 15) is 4.79 Å². The van der Waals surface area contributed by atoms with Crippen molar-refractivity contribution in [3.05, 3.63) is 52.3 Å². The summed E-state index contributed by atoms with van der Waals surface area (Å²) in [5.41, 5.74) is 1.58. The average Bonchev–Trinajstić information content (AvgIpc) is 2.52. The normalized spacial score (nSPS) is 10.3. The van der Waals surface area contributed by atoms with Crippen LogP contribution in [0.4, 0.5) is 11.4 Å². The van der Waals surface area contributed by atoms with Gasteiger partial charge in [-0.1, -0.05) is 42.6 Å². The Morgan fingerprint density at radius 1 is 1.18 bits per heavy atom. The van der Waals surface area contributed by atoms with Crippen molar-refractivity contribution in [3.63, 3.8) is 0 Å². The maximum absolute atomic E-state index is 12.2. The SMILES string of the molecule is CCCCNc1ccc(C(=O)Nc2c(Cl)cccc2Cl)nc1. The highest BCUT2D eigenvalue weighted by Gasteiger charge is 2.12. The highest BCUT2D eigenvalue weighted by atomic mass is 35.5. The van der Waals surface area contributed by atoms with Crippen molar-refractivity contribution in [1.29, 1.82) is 0 Å². The van der Waals surface area contributed by atoms with E-state index in [1.807, 2.05) is 6.07 Å². The number of pyridine rings is 1. The highest BCUT2D eigenvalue weighted by molar-refractivity contribution is 6.39. The van der Waals surface area contributed by atoms with Crippen LogP contribution < -0.4 is 10.6 Å². The van der Waals surface area contributed by atoms with Crippen LogP contribution in [-0.4, -0.2) is 17.4 Å². The number of nitrogens with one attached hydrogen (secondary N) is 2. The number of para-hydroxylation sites is 1. The minimum absolute atomic E-state index is 0.303. The van der Waals surface area contributed by atoms with E-state index in [1.165, 1.54) is 0 Å². The minimum Gasteiger partial charge on any atom is -0.384 e. The Balaban J connectivity index is 2.04. The van der Waals surface area contributed by atoms with Gasteiger partial charge in [0.25, 0.3) is 5.91 Å². The Bertz CT molecular complexity index is 624. The number of hydrogen-bond donors (Lipinski definition) is 2. The quantitative estimate of drug-likeness (QED) is 0.740. The molecule has 2 rings (SSSR count). The lowest BCUT2D eigenvalue weighted by molar-refractivity contribution is 0.102. The van der Waals surface area contributed by atoms with Crippen LogP contribution in [-0.2, 0) is 0 Å². The average molecular weight is 338 g/mol. The summed E-state index contributed by atoms with van der Waals surface area (Å²) in [5.74, 6) is -0.352. The van der Waals surface area contributed by atoms with Gasteiger partial charge in [-0.2, -0.15) is 0 Å². The predicted octanol–water partition coefficient (Wildman–Crippen LogP) is 4.85. The van der Waals surface area contributed by atoms with Gasteiger partial charge < -0.3 is 10.6 Å². The third-order valence-electron chi connectivity index (χ3n) is 3.06. The summed E-state index contributed by atoms with van der Waals surface area (Å²) in [5, 5.41) is 6.70. The Hall–Kier alpha value is -1.78. The smallest absolute Gasteiger partial charge is 0.274 e. The monoisotopic (exact) mass is 337 g/mol. The summed E-state index contributed by atoms with van der Waals surface area (Å²) in [6.07, 6.45) is 3.85. The van der Waals surface area contributed by atoms with E-state index in [2.05, 4.69) is 22.5 Å². The van der Waals surface area contributed by atoms with Gasteiger partial charge >= 0.3 is 0 Å². The maximum Gasteiger partial charge on any atom is 0.274 e.